The van der Waals surface area contributed by atoms with Gasteiger partial charge < -0.3 is 10.5 Å². The van der Waals surface area contributed by atoms with Crippen molar-refractivity contribution in [1.82, 2.24) is 0 Å². The number of nitrogens with zero attached hydrogens (tertiary/aromatic N) is 1. The van der Waals surface area contributed by atoms with Crippen molar-refractivity contribution in [1.29, 1.82) is 0 Å². The van der Waals surface area contributed by atoms with Gasteiger partial charge in [0.1, 0.15) is 28.5 Å². The fourth-order valence-electron chi connectivity index (χ4n) is 2.36. The van der Waals surface area contributed by atoms with E-state index in [0.717, 1.165) is 11.8 Å². The summed E-state index contributed by atoms with van der Waals surface area (Å²) in [7, 11) is -1.79. The van der Waals surface area contributed by atoms with E-state index in [2.05, 4.69) is 4.99 Å². The molecule has 0 aromatic heterocycles. The highest BCUT2D eigenvalue weighted by atomic mass is 32.2. The number of para-hydroxylation sites is 1. The van der Waals surface area contributed by atoms with Crippen LogP contribution in [0.2, 0.25) is 0 Å². The van der Waals surface area contributed by atoms with Crippen LogP contribution in [0.5, 0.6) is 5.75 Å². The highest BCUT2D eigenvalue weighted by Gasteiger charge is 2.34. The topological polar surface area (TPSA) is 81.8 Å². The zero-order valence-corrected chi connectivity index (χ0v) is 17.2. The Bertz CT molecular complexity index is 888. The Morgan fingerprint density at radius 1 is 1.11 bits per heavy atom. The molecule has 1 aliphatic heterocycles. The summed E-state index contributed by atoms with van der Waals surface area (Å²) in [6.07, 6.45) is 0. The van der Waals surface area contributed by atoms with Crippen LogP contribution in [0.25, 0.3) is 0 Å². The van der Waals surface area contributed by atoms with Crippen LogP contribution in [0.15, 0.2) is 53.5 Å². The van der Waals surface area contributed by atoms with Gasteiger partial charge in [-0.05, 0) is 25.1 Å². The number of rotatable bonds is 2. The van der Waals surface area contributed by atoms with Gasteiger partial charge in [-0.3, -0.25) is 4.99 Å². The molecule has 2 aromatic rings. The molecule has 3 rings (SSSR count). The minimum Gasteiger partial charge on any atom is -0.497 e. The smallest absolute Gasteiger partial charge is 0.162 e. The van der Waals surface area contributed by atoms with E-state index in [4.69, 9.17) is 10.5 Å². The molecule has 154 valence electrons. The van der Waals surface area contributed by atoms with Gasteiger partial charge in [-0.15, -0.1) is 0 Å². The molecule has 0 spiro atoms. The molecule has 0 saturated carbocycles. The Labute approximate surface area is 165 Å². The van der Waals surface area contributed by atoms with Gasteiger partial charge in [0, 0.05) is 11.6 Å². The van der Waals surface area contributed by atoms with Gasteiger partial charge in [-0.2, -0.15) is 0 Å². The maximum atomic E-state index is 13.6. The minimum absolute atomic E-state index is 0.0369. The van der Waals surface area contributed by atoms with Crippen LogP contribution in [0, 0.1) is 11.6 Å². The third-order valence-electron chi connectivity index (χ3n) is 3.95. The molecule has 0 bridgehead atoms. The first-order chi connectivity index (χ1) is 13.2. The molecule has 0 aliphatic carbocycles. The van der Waals surface area contributed by atoms with E-state index in [-0.39, 0.29) is 17.2 Å². The van der Waals surface area contributed by atoms with Gasteiger partial charge in [0.25, 0.3) is 0 Å². The number of methoxy groups -OCH3 is 1. The molecule has 2 aromatic carbocycles. The highest BCUT2D eigenvalue weighted by Crippen LogP contribution is 2.28. The van der Waals surface area contributed by atoms with E-state index in [1.807, 2.05) is 44.2 Å². The third kappa shape index (κ3) is 6.30. The molecular weight excluding hydrogens is 386 g/mol. The fourth-order valence-corrected chi connectivity index (χ4v) is 3.77. The summed E-state index contributed by atoms with van der Waals surface area (Å²) in [5, 5.41) is -0.864. The van der Waals surface area contributed by atoms with Gasteiger partial charge in [0.2, 0.25) is 0 Å². The van der Waals surface area contributed by atoms with Crippen LogP contribution < -0.4 is 10.5 Å². The third-order valence-corrected chi connectivity index (χ3v) is 6.05. The van der Waals surface area contributed by atoms with Crippen molar-refractivity contribution in [2.24, 2.45) is 10.7 Å². The van der Waals surface area contributed by atoms with Crippen molar-refractivity contribution in [3.63, 3.8) is 0 Å². The molecular formula is C20H26F2N2O3S. The number of aliphatic imine (C=N–C) groups is 1. The lowest BCUT2D eigenvalue weighted by Gasteiger charge is -2.24. The average Bonchev–Trinajstić information content (AvgIpc) is 2.68. The van der Waals surface area contributed by atoms with Crippen molar-refractivity contribution in [2.75, 3.05) is 12.9 Å². The van der Waals surface area contributed by atoms with Crippen molar-refractivity contribution >= 4 is 15.7 Å². The largest absolute Gasteiger partial charge is 0.497 e. The molecule has 1 heterocycles. The predicted molar refractivity (Wildman–Crippen MR) is 108 cm³/mol. The summed E-state index contributed by atoms with van der Waals surface area (Å²) in [5.41, 5.74) is 5.57. The first kappa shape index (κ1) is 23.6. The summed E-state index contributed by atoms with van der Waals surface area (Å²) in [6, 6.07) is 11.7. The Morgan fingerprint density at radius 2 is 1.71 bits per heavy atom. The van der Waals surface area contributed by atoms with Crippen molar-refractivity contribution < 1.29 is 21.9 Å². The number of benzene rings is 2. The molecule has 8 heteroatoms. The van der Waals surface area contributed by atoms with E-state index in [1.165, 1.54) is 13.0 Å². The van der Waals surface area contributed by atoms with Crippen molar-refractivity contribution in [3.05, 3.63) is 65.7 Å². The van der Waals surface area contributed by atoms with Crippen LogP contribution in [-0.4, -0.2) is 32.4 Å². The zero-order valence-electron chi connectivity index (χ0n) is 16.4. The van der Waals surface area contributed by atoms with Crippen LogP contribution in [0.1, 0.15) is 32.4 Å². The second-order valence-corrected chi connectivity index (χ2v) is 8.09. The van der Waals surface area contributed by atoms with E-state index < -0.39 is 32.8 Å². The van der Waals surface area contributed by atoms with Gasteiger partial charge in [-0.1, -0.05) is 38.1 Å². The van der Waals surface area contributed by atoms with Crippen LogP contribution in [0.4, 0.5) is 8.78 Å². The van der Waals surface area contributed by atoms with Crippen LogP contribution >= 0.6 is 0 Å². The van der Waals surface area contributed by atoms with Gasteiger partial charge in [0.15, 0.2) is 9.84 Å². The molecule has 5 nitrogen and oxygen atoms in total. The molecule has 0 fully saturated rings. The Kier molecular flexibility index (Phi) is 9.05. The summed E-state index contributed by atoms with van der Waals surface area (Å²) in [4.78, 5) is 3.97. The number of sulfone groups is 1. The SMILES string of the molecule is CC.CC1C(N)=NC(c2ccc(F)cc2F)CS1(=O)=O.COc1ccccc1. The zero-order chi connectivity index (χ0) is 21.3. The number of amidine groups is 1. The first-order valence-electron chi connectivity index (χ1n) is 8.83. The van der Waals surface area contributed by atoms with E-state index in [9.17, 15) is 17.2 Å². The number of hydrogen-bond donors (Lipinski definition) is 1. The number of nitrogens with two attached hydrogens (primary N) is 1. The van der Waals surface area contributed by atoms with Gasteiger partial charge in [0.05, 0.1) is 18.9 Å². The Balaban J connectivity index is 0.000000327. The summed E-state index contributed by atoms with van der Waals surface area (Å²) < 4.78 is 54.9. The van der Waals surface area contributed by atoms with E-state index >= 15 is 0 Å². The monoisotopic (exact) mass is 412 g/mol. The lowest BCUT2D eigenvalue weighted by atomic mass is 10.1. The Hall–Kier alpha value is -2.48. The number of halogens is 2. The highest BCUT2D eigenvalue weighted by molar-refractivity contribution is 7.92. The minimum atomic E-state index is -3.45. The maximum Gasteiger partial charge on any atom is 0.162 e. The molecule has 0 radical (unpaired) electrons. The van der Waals surface area contributed by atoms with Gasteiger partial charge in [-0.25, -0.2) is 17.2 Å². The molecule has 2 N–H and O–H groups in total. The average molecular weight is 413 g/mol. The normalized spacial score (nSPS) is 19.9. The quantitative estimate of drug-likeness (QED) is 0.811. The summed E-state index contributed by atoms with van der Waals surface area (Å²) in [6.45, 7) is 5.44. The van der Waals surface area contributed by atoms with Crippen LogP contribution in [0.3, 0.4) is 0 Å². The van der Waals surface area contributed by atoms with Crippen molar-refractivity contribution in [2.45, 2.75) is 32.1 Å². The standard InChI is InChI=1S/C11H12F2N2O2S.C7H8O.C2H6/c1-6-11(14)15-10(5-18(6,16)17)8-3-2-7(12)4-9(8)13;1-8-7-5-3-2-4-6-7;1-2/h2-4,6,10H,5H2,1H3,(H2,14,15);2-6H,1H3;1-2H3. The predicted octanol–water partition coefficient (Wildman–Crippen LogP) is 3.90. The van der Waals surface area contributed by atoms with Crippen molar-refractivity contribution in [3.8, 4) is 5.75 Å². The summed E-state index contributed by atoms with van der Waals surface area (Å²) >= 11 is 0. The molecule has 1 aliphatic rings. The lowest BCUT2D eigenvalue weighted by molar-refractivity contribution is 0.415. The Morgan fingerprint density at radius 3 is 2.18 bits per heavy atom. The summed E-state index contributed by atoms with van der Waals surface area (Å²) in [5.74, 6) is -0.999. The number of ether oxygens (including phenoxy) is 1. The van der Waals surface area contributed by atoms with Crippen LogP contribution in [-0.2, 0) is 9.84 Å². The lowest BCUT2D eigenvalue weighted by Crippen LogP contribution is -2.40. The first-order valence-corrected chi connectivity index (χ1v) is 10.5. The molecule has 2 atom stereocenters. The van der Waals surface area contributed by atoms with E-state index in [1.54, 1.807) is 7.11 Å². The molecule has 28 heavy (non-hydrogen) atoms. The maximum absolute atomic E-state index is 13.6. The fraction of sp³-hybridized carbons (Fsp3) is 0.350. The second-order valence-electron chi connectivity index (χ2n) is 5.72. The van der Waals surface area contributed by atoms with E-state index in [0.29, 0.717) is 6.07 Å². The number of hydrogen-bond acceptors (Lipinski definition) is 5. The molecule has 2 unspecified atom stereocenters. The molecule has 0 saturated heterocycles. The molecule has 0 amide bonds. The second kappa shape index (κ2) is 10.8. The van der Waals surface area contributed by atoms with Gasteiger partial charge >= 0.3 is 0 Å².